The van der Waals surface area contributed by atoms with Crippen molar-refractivity contribution in [3.05, 3.63) is 23.3 Å². The van der Waals surface area contributed by atoms with E-state index in [1.807, 2.05) is 0 Å². The van der Waals surface area contributed by atoms with Gasteiger partial charge in [0.2, 0.25) is 0 Å². The van der Waals surface area contributed by atoms with E-state index in [9.17, 15) is 0 Å². The largest absolute Gasteiger partial charge is 0.491 e. The van der Waals surface area contributed by atoms with Crippen LogP contribution in [0.3, 0.4) is 0 Å². The minimum absolute atomic E-state index is 0.125. The molecule has 1 aromatic rings. The molecule has 0 radical (unpaired) electrons. The summed E-state index contributed by atoms with van der Waals surface area (Å²) in [6.45, 7) is 7.16. The fraction of sp³-hybridized carbons (Fsp3) is 0.600. The number of hydrogen-bond donors (Lipinski definition) is 1. The molecule has 2 aliphatic heterocycles. The van der Waals surface area contributed by atoms with Gasteiger partial charge in [-0.3, -0.25) is 0 Å². The summed E-state index contributed by atoms with van der Waals surface area (Å²) in [5.74, 6) is 1.07. The quantitative estimate of drug-likeness (QED) is 0.819. The van der Waals surface area contributed by atoms with Crippen molar-refractivity contribution < 1.29 is 4.74 Å². The predicted molar refractivity (Wildman–Crippen MR) is 78.1 cm³/mol. The monoisotopic (exact) mass is 261 g/mol. The number of piperazine rings is 1. The molecule has 4 heteroatoms. The van der Waals surface area contributed by atoms with Gasteiger partial charge in [0.25, 0.3) is 0 Å². The van der Waals surface area contributed by atoms with Crippen LogP contribution in [-0.4, -0.2) is 50.8 Å². The second kappa shape index (κ2) is 5.02. The zero-order chi connectivity index (χ0) is 13.4. The van der Waals surface area contributed by atoms with Crippen molar-refractivity contribution in [2.24, 2.45) is 5.73 Å². The highest BCUT2D eigenvalue weighted by atomic mass is 16.5. The third kappa shape index (κ3) is 2.42. The minimum atomic E-state index is 0.125. The highest BCUT2D eigenvalue weighted by molar-refractivity contribution is 5.63. The third-order valence-electron chi connectivity index (χ3n) is 4.18. The van der Waals surface area contributed by atoms with Crippen molar-refractivity contribution in [1.29, 1.82) is 0 Å². The second-order valence-corrected chi connectivity index (χ2v) is 5.77. The molecule has 1 unspecified atom stereocenters. The maximum atomic E-state index is 6.07. The average molecular weight is 261 g/mol. The van der Waals surface area contributed by atoms with Gasteiger partial charge in [-0.25, -0.2) is 0 Å². The van der Waals surface area contributed by atoms with Crippen LogP contribution in [0.4, 0.5) is 5.69 Å². The summed E-state index contributed by atoms with van der Waals surface area (Å²) in [6, 6.07) is 4.53. The van der Waals surface area contributed by atoms with Crippen molar-refractivity contribution in [3.63, 3.8) is 0 Å². The summed E-state index contributed by atoms with van der Waals surface area (Å²) in [4.78, 5) is 4.85. The van der Waals surface area contributed by atoms with E-state index in [0.717, 1.165) is 38.3 Å². The van der Waals surface area contributed by atoms with Crippen LogP contribution in [0.5, 0.6) is 5.75 Å². The van der Waals surface area contributed by atoms with E-state index in [-0.39, 0.29) is 6.04 Å². The van der Waals surface area contributed by atoms with Crippen molar-refractivity contribution in [3.8, 4) is 5.75 Å². The Hall–Kier alpha value is -1.26. The summed E-state index contributed by atoms with van der Waals surface area (Å²) in [5.41, 5.74) is 9.92. The number of ether oxygens (including phenoxy) is 1. The standard InChI is InChI=1S/C15H23N3O/c1-11-3-4-14(18-7-5-17(2)6-8-18)13-9-12(16)10-19-15(11)13/h3-4,12H,5-10,16H2,1-2H3. The zero-order valence-electron chi connectivity index (χ0n) is 11.9. The fourth-order valence-electron chi connectivity index (χ4n) is 2.99. The number of likely N-dealkylation sites (N-methyl/N-ethyl adjacent to an activating group) is 1. The Bertz CT molecular complexity index is 467. The number of fused-ring (bicyclic) bond motifs is 1. The van der Waals surface area contributed by atoms with E-state index >= 15 is 0 Å². The van der Waals surface area contributed by atoms with Crippen LogP contribution in [0.25, 0.3) is 0 Å². The number of benzene rings is 1. The Labute approximate surface area is 115 Å². The molecule has 3 rings (SSSR count). The maximum absolute atomic E-state index is 6.07. The van der Waals surface area contributed by atoms with Gasteiger partial charge in [-0.1, -0.05) is 6.07 Å². The van der Waals surface area contributed by atoms with Crippen molar-refractivity contribution in [2.75, 3.05) is 44.7 Å². The van der Waals surface area contributed by atoms with Gasteiger partial charge < -0.3 is 20.3 Å². The van der Waals surface area contributed by atoms with Gasteiger partial charge in [-0.05, 0) is 32.0 Å². The molecule has 4 nitrogen and oxygen atoms in total. The van der Waals surface area contributed by atoms with E-state index in [1.54, 1.807) is 0 Å². The number of nitrogens with two attached hydrogens (primary N) is 1. The van der Waals surface area contributed by atoms with Gasteiger partial charge in [0.05, 0.1) is 0 Å². The number of rotatable bonds is 1. The molecule has 2 aliphatic rings. The van der Waals surface area contributed by atoms with E-state index < -0.39 is 0 Å². The summed E-state index contributed by atoms with van der Waals surface area (Å²) in [7, 11) is 2.18. The molecule has 1 atom stereocenters. The molecule has 1 aromatic carbocycles. The molecule has 19 heavy (non-hydrogen) atoms. The highest BCUT2D eigenvalue weighted by Gasteiger charge is 2.25. The Kier molecular flexibility index (Phi) is 3.37. The lowest BCUT2D eigenvalue weighted by molar-refractivity contribution is 0.261. The molecule has 1 saturated heterocycles. The zero-order valence-corrected chi connectivity index (χ0v) is 11.9. The van der Waals surface area contributed by atoms with Crippen molar-refractivity contribution in [2.45, 2.75) is 19.4 Å². The van der Waals surface area contributed by atoms with E-state index in [0.29, 0.717) is 6.61 Å². The van der Waals surface area contributed by atoms with Gasteiger partial charge in [0.1, 0.15) is 12.4 Å². The topological polar surface area (TPSA) is 41.7 Å². The molecule has 0 spiro atoms. The summed E-state index contributed by atoms with van der Waals surface area (Å²) < 4.78 is 5.86. The first-order valence-corrected chi connectivity index (χ1v) is 7.09. The SMILES string of the molecule is Cc1ccc(N2CCN(C)CC2)c2c1OCC(N)C2. The lowest BCUT2D eigenvalue weighted by Crippen LogP contribution is -2.45. The Balaban J connectivity index is 1.93. The van der Waals surface area contributed by atoms with Gasteiger partial charge in [-0.15, -0.1) is 0 Å². The molecule has 0 bridgehead atoms. The van der Waals surface area contributed by atoms with E-state index in [1.165, 1.54) is 16.8 Å². The Morgan fingerprint density at radius 1 is 1.21 bits per heavy atom. The second-order valence-electron chi connectivity index (χ2n) is 5.77. The van der Waals surface area contributed by atoms with Crippen LogP contribution in [0.2, 0.25) is 0 Å². The summed E-state index contributed by atoms with van der Waals surface area (Å²) >= 11 is 0. The molecule has 0 amide bonds. The van der Waals surface area contributed by atoms with Crippen LogP contribution in [0, 0.1) is 6.92 Å². The normalized spacial score (nSPS) is 23.9. The molecular weight excluding hydrogens is 238 g/mol. The summed E-state index contributed by atoms with van der Waals surface area (Å²) in [6.07, 6.45) is 0.929. The molecule has 1 fully saturated rings. The van der Waals surface area contributed by atoms with Crippen molar-refractivity contribution >= 4 is 5.69 Å². The molecule has 0 aliphatic carbocycles. The summed E-state index contributed by atoms with van der Waals surface area (Å²) in [5, 5.41) is 0. The van der Waals surface area contributed by atoms with E-state index in [4.69, 9.17) is 10.5 Å². The first kappa shape index (κ1) is 12.8. The maximum Gasteiger partial charge on any atom is 0.127 e. The van der Waals surface area contributed by atoms with Gasteiger partial charge in [0, 0.05) is 43.5 Å². The van der Waals surface area contributed by atoms with Gasteiger partial charge in [0.15, 0.2) is 0 Å². The Morgan fingerprint density at radius 3 is 2.68 bits per heavy atom. The average Bonchev–Trinajstić information content (AvgIpc) is 2.40. The van der Waals surface area contributed by atoms with Gasteiger partial charge in [-0.2, -0.15) is 0 Å². The number of aryl methyl sites for hydroxylation is 1. The fourth-order valence-corrected chi connectivity index (χ4v) is 2.99. The van der Waals surface area contributed by atoms with E-state index in [2.05, 4.69) is 35.9 Å². The smallest absolute Gasteiger partial charge is 0.127 e. The molecule has 2 N–H and O–H groups in total. The first-order valence-electron chi connectivity index (χ1n) is 7.09. The minimum Gasteiger partial charge on any atom is -0.491 e. The molecular formula is C15H23N3O. The number of anilines is 1. The molecule has 0 aromatic heterocycles. The van der Waals surface area contributed by atoms with Crippen molar-refractivity contribution in [1.82, 2.24) is 4.90 Å². The molecule has 104 valence electrons. The highest BCUT2D eigenvalue weighted by Crippen LogP contribution is 2.36. The molecule has 2 heterocycles. The van der Waals surface area contributed by atoms with Gasteiger partial charge >= 0.3 is 0 Å². The van der Waals surface area contributed by atoms with Crippen LogP contribution in [0.1, 0.15) is 11.1 Å². The lowest BCUT2D eigenvalue weighted by atomic mass is 9.97. The Morgan fingerprint density at radius 2 is 1.95 bits per heavy atom. The lowest BCUT2D eigenvalue weighted by Gasteiger charge is -2.37. The van der Waals surface area contributed by atoms with Crippen LogP contribution >= 0.6 is 0 Å². The van der Waals surface area contributed by atoms with Crippen LogP contribution < -0.4 is 15.4 Å². The van der Waals surface area contributed by atoms with Crippen LogP contribution in [0.15, 0.2) is 12.1 Å². The third-order valence-corrected chi connectivity index (χ3v) is 4.18. The predicted octanol–water partition coefficient (Wildman–Crippen LogP) is 1.01. The first-order chi connectivity index (χ1) is 9.15. The number of nitrogens with zero attached hydrogens (tertiary/aromatic N) is 2. The van der Waals surface area contributed by atoms with Crippen LogP contribution in [-0.2, 0) is 6.42 Å². The molecule has 0 saturated carbocycles. The number of hydrogen-bond acceptors (Lipinski definition) is 4.